The van der Waals surface area contributed by atoms with Crippen molar-refractivity contribution in [3.05, 3.63) is 28.8 Å². The molecule has 0 aromatic heterocycles. The first-order chi connectivity index (χ1) is 9.85. The minimum absolute atomic E-state index is 0.0453. The van der Waals surface area contributed by atoms with E-state index in [0.29, 0.717) is 16.3 Å². The summed E-state index contributed by atoms with van der Waals surface area (Å²) in [6.07, 6.45) is -0.483. The van der Waals surface area contributed by atoms with Gasteiger partial charge in [0.25, 0.3) is 0 Å². The van der Waals surface area contributed by atoms with Gasteiger partial charge in [-0.15, -0.1) is 0 Å². The van der Waals surface area contributed by atoms with Crippen molar-refractivity contribution in [2.24, 2.45) is 5.92 Å². The van der Waals surface area contributed by atoms with Crippen LogP contribution in [0.2, 0.25) is 5.02 Å². The number of nitriles is 1. The van der Waals surface area contributed by atoms with Crippen molar-refractivity contribution in [2.75, 3.05) is 0 Å². The third-order valence-corrected chi connectivity index (χ3v) is 3.03. The molecule has 0 aliphatic rings. The number of ketones is 1. The van der Waals surface area contributed by atoms with E-state index in [1.807, 2.05) is 13.8 Å². The van der Waals surface area contributed by atoms with Crippen LogP contribution in [0, 0.1) is 17.2 Å². The highest BCUT2D eigenvalue weighted by Crippen LogP contribution is 2.27. The fourth-order valence-corrected chi connectivity index (χ4v) is 1.95. The first-order valence-electron chi connectivity index (χ1n) is 6.44. The Balaban J connectivity index is 2.86. The number of nitrogens with zero attached hydrogens (tertiary/aromatic N) is 1. The van der Waals surface area contributed by atoms with Crippen LogP contribution in [-0.2, 0) is 4.79 Å². The molecule has 1 aromatic rings. The molecule has 1 aromatic carbocycles. The van der Waals surface area contributed by atoms with Crippen LogP contribution >= 0.6 is 11.6 Å². The molecule has 1 N–H and O–H groups in total. The number of aliphatic carboxylic acids is 1. The van der Waals surface area contributed by atoms with Crippen molar-refractivity contribution in [3.8, 4) is 11.8 Å². The molecular formula is C15H16ClNO4. The van der Waals surface area contributed by atoms with Crippen molar-refractivity contribution in [1.29, 1.82) is 5.26 Å². The number of rotatable bonds is 7. The van der Waals surface area contributed by atoms with Gasteiger partial charge >= 0.3 is 5.97 Å². The number of carbonyl (C=O) groups excluding carboxylic acids is 1. The number of carbonyl (C=O) groups is 2. The van der Waals surface area contributed by atoms with Crippen molar-refractivity contribution in [2.45, 2.75) is 32.8 Å². The van der Waals surface area contributed by atoms with Gasteiger partial charge in [-0.2, -0.15) is 5.26 Å². The fraction of sp³-hybridized carbons (Fsp3) is 0.400. The standard InChI is InChI=1S/C15H16ClNO4/c1-9(2)21-14-4-3-10(7-12(14)16)13(18)8-11(5-6-17)15(19)20/h3-4,7,9,11H,5,8H2,1-2H3,(H,19,20)/t11-/m1/s1. The van der Waals surface area contributed by atoms with Crippen LogP contribution in [0.1, 0.15) is 37.0 Å². The van der Waals surface area contributed by atoms with Crippen LogP contribution in [-0.4, -0.2) is 23.0 Å². The van der Waals surface area contributed by atoms with Crippen molar-refractivity contribution >= 4 is 23.4 Å². The Labute approximate surface area is 128 Å². The SMILES string of the molecule is CC(C)Oc1ccc(C(=O)C[C@@H](CC#N)C(=O)O)cc1Cl. The highest BCUT2D eigenvalue weighted by Gasteiger charge is 2.22. The fourth-order valence-electron chi connectivity index (χ4n) is 1.72. The number of carboxylic acid groups (broad SMARTS) is 1. The number of hydrogen-bond acceptors (Lipinski definition) is 4. The molecule has 0 spiro atoms. The van der Waals surface area contributed by atoms with Gasteiger partial charge in [0.15, 0.2) is 5.78 Å². The average Bonchev–Trinajstić information content (AvgIpc) is 2.39. The van der Waals surface area contributed by atoms with Crippen LogP contribution in [0.15, 0.2) is 18.2 Å². The number of hydrogen-bond donors (Lipinski definition) is 1. The van der Waals surface area contributed by atoms with Gasteiger partial charge in [0.1, 0.15) is 5.75 Å². The Morgan fingerprint density at radius 2 is 2.10 bits per heavy atom. The zero-order valence-electron chi connectivity index (χ0n) is 11.8. The van der Waals surface area contributed by atoms with E-state index >= 15 is 0 Å². The van der Waals surface area contributed by atoms with Gasteiger partial charge in [-0.3, -0.25) is 9.59 Å². The van der Waals surface area contributed by atoms with E-state index in [9.17, 15) is 9.59 Å². The Morgan fingerprint density at radius 1 is 1.43 bits per heavy atom. The van der Waals surface area contributed by atoms with E-state index in [1.54, 1.807) is 12.1 Å². The van der Waals surface area contributed by atoms with Crippen molar-refractivity contribution in [1.82, 2.24) is 0 Å². The Kier molecular flexibility index (Phi) is 6.19. The maximum atomic E-state index is 12.0. The maximum Gasteiger partial charge on any atom is 0.308 e. The lowest BCUT2D eigenvalue weighted by Crippen LogP contribution is -2.17. The third kappa shape index (κ3) is 5.09. The summed E-state index contributed by atoms with van der Waals surface area (Å²) >= 11 is 6.03. The molecule has 0 saturated carbocycles. The molecule has 112 valence electrons. The molecule has 6 heteroatoms. The van der Waals surface area contributed by atoms with Gasteiger partial charge in [0.2, 0.25) is 0 Å². The zero-order chi connectivity index (χ0) is 16.0. The summed E-state index contributed by atoms with van der Waals surface area (Å²) < 4.78 is 5.46. The predicted molar refractivity (Wildman–Crippen MR) is 77.5 cm³/mol. The molecule has 1 atom stereocenters. The maximum absolute atomic E-state index is 12.0. The van der Waals surface area contributed by atoms with Crippen LogP contribution in [0.5, 0.6) is 5.75 Å². The summed E-state index contributed by atoms with van der Waals surface area (Å²) in [5, 5.41) is 17.8. The molecule has 0 saturated heterocycles. The van der Waals surface area contributed by atoms with E-state index in [2.05, 4.69) is 0 Å². The molecule has 21 heavy (non-hydrogen) atoms. The summed E-state index contributed by atoms with van der Waals surface area (Å²) in [5.74, 6) is -2.06. The second-order valence-corrected chi connectivity index (χ2v) is 5.24. The molecule has 0 radical (unpaired) electrons. The quantitative estimate of drug-likeness (QED) is 0.781. The van der Waals surface area contributed by atoms with E-state index in [-0.39, 0.29) is 24.7 Å². The lowest BCUT2D eigenvalue weighted by atomic mass is 9.96. The number of halogens is 1. The van der Waals surface area contributed by atoms with Gasteiger partial charge in [-0.25, -0.2) is 0 Å². The molecule has 0 unspecified atom stereocenters. The summed E-state index contributed by atoms with van der Waals surface area (Å²) in [7, 11) is 0. The molecule has 0 amide bonds. The summed E-state index contributed by atoms with van der Waals surface area (Å²) in [5.41, 5.74) is 0.306. The van der Waals surface area contributed by atoms with Gasteiger partial charge in [0.05, 0.1) is 23.1 Å². The zero-order valence-corrected chi connectivity index (χ0v) is 12.6. The van der Waals surface area contributed by atoms with Crippen LogP contribution in [0.4, 0.5) is 0 Å². The second-order valence-electron chi connectivity index (χ2n) is 4.84. The largest absolute Gasteiger partial charge is 0.489 e. The first-order valence-corrected chi connectivity index (χ1v) is 6.82. The Bertz CT molecular complexity index is 578. The smallest absolute Gasteiger partial charge is 0.308 e. The van der Waals surface area contributed by atoms with Gasteiger partial charge in [0, 0.05) is 18.4 Å². The molecule has 5 nitrogen and oxygen atoms in total. The normalized spacial score (nSPS) is 11.8. The molecule has 0 heterocycles. The Hall–Kier alpha value is -2.06. The number of benzene rings is 1. The molecule has 1 rings (SSSR count). The lowest BCUT2D eigenvalue weighted by molar-refractivity contribution is -0.141. The second kappa shape index (κ2) is 7.65. The highest BCUT2D eigenvalue weighted by atomic mass is 35.5. The first kappa shape index (κ1) is 17.0. The molecule has 0 aliphatic carbocycles. The monoisotopic (exact) mass is 309 g/mol. The summed E-state index contributed by atoms with van der Waals surface area (Å²) in [6, 6.07) is 6.34. The molecule has 0 aliphatic heterocycles. The lowest BCUT2D eigenvalue weighted by Gasteiger charge is -2.12. The summed E-state index contributed by atoms with van der Waals surface area (Å²) in [4.78, 5) is 23.0. The Morgan fingerprint density at radius 3 is 2.57 bits per heavy atom. The number of carboxylic acids is 1. The van der Waals surface area contributed by atoms with Gasteiger partial charge in [-0.1, -0.05) is 11.6 Å². The minimum Gasteiger partial charge on any atom is -0.489 e. The molecule has 0 fully saturated rings. The number of ether oxygens (including phenoxy) is 1. The molecule has 0 bridgehead atoms. The van der Waals surface area contributed by atoms with E-state index in [0.717, 1.165) is 0 Å². The predicted octanol–water partition coefficient (Wildman–Crippen LogP) is 3.31. The van der Waals surface area contributed by atoms with Crippen LogP contribution < -0.4 is 4.74 Å². The van der Waals surface area contributed by atoms with Crippen molar-refractivity contribution < 1.29 is 19.4 Å². The van der Waals surface area contributed by atoms with Crippen LogP contribution in [0.3, 0.4) is 0 Å². The van der Waals surface area contributed by atoms with Crippen LogP contribution in [0.25, 0.3) is 0 Å². The molecular weight excluding hydrogens is 294 g/mol. The van der Waals surface area contributed by atoms with E-state index in [1.165, 1.54) is 12.1 Å². The van der Waals surface area contributed by atoms with E-state index in [4.69, 9.17) is 26.7 Å². The van der Waals surface area contributed by atoms with Gasteiger partial charge < -0.3 is 9.84 Å². The summed E-state index contributed by atoms with van der Waals surface area (Å²) in [6.45, 7) is 3.71. The van der Waals surface area contributed by atoms with Crippen molar-refractivity contribution in [3.63, 3.8) is 0 Å². The highest BCUT2D eigenvalue weighted by molar-refractivity contribution is 6.32. The topological polar surface area (TPSA) is 87.4 Å². The van der Waals surface area contributed by atoms with E-state index < -0.39 is 11.9 Å². The minimum atomic E-state index is -1.16. The van der Waals surface area contributed by atoms with Gasteiger partial charge in [-0.05, 0) is 32.0 Å². The third-order valence-electron chi connectivity index (χ3n) is 2.74. The average molecular weight is 310 g/mol. The number of Topliss-reactive ketones (excluding diaryl/α,β-unsaturated/α-hetero) is 1.